The van der Waals surface area contributed by atoms with E-state index in [0.29, 0.717) is 6.61 Å². The third kappa shape index (κ3) is 23.8. The van der Waals surface area contributed by atoms with Gasteiger partial charge >= 0.3 is 7.82 Å². The Kier molecular flexibility index (Phi) is 19.9. The second-order valence-corrected chi connectivity index (χ2v) is 8.69. The summed E-state index contributed by atoms with van der Waals surface area (Å²) in [5, 5.41) is 9.45. The summed E-state index contributed by atoms with van der Waals surface area (Å²) in [6.45, 7) is 2.42. The van der Waals surface area contributed by atoms with Crippen LogP contribution in [-0.2, 0) is 13.8 Å². The minimum atomic E-state index is -4.52. The Morgan fingerprint density at radius 3 is 1.82 bits per heavy atom. The van der Waals surface area contributed by atoms with E-state index >= 15 is 0 Å². The van der Waals surface area contributed by atoms with Crippen LogP contribution in [0.3, 0.4) is 0 Å². The van der Waals surface area contributed by atoms with Crippen molar-refractivity contribution in [3.05, 3.63) is 12.2 Å². The molecule has 0 saturated heterocycles. The zero-order valence-corrected chi connectivity index (χ0v) is 18.7. The largest absolute Gasteiger partial charge is 0.469 e. The van der Waals surface area contributed by atoms with Gasteiger partial charge in [0.1, 0.15) is 6.10 Å². The van der Waals surface area contributed by atoms with Crippen molar-refractivity contribution in [1.29, 1.82) is 0 Å². The highest BCUT2D eigenvalue weighted by molar-refractivity contribution is 7.46. The van der Waals surface area contributed by atoms with E-state index in [1.54, 1.807) is 0 Å². The first kappa shape index (κ1) is 27.8. The monoisotopic (exact) mass is 422 g/mol. The molecule has 0 amide bonds. The Balaban J connectivity index is 3.21. The molecule has 0 aromatic heterocycles. The van der Waals surface area contributed by atoms with Gasteiger partial charge in [-0.25, -0.2) is 4.57 Å². The predicted molar refractivity (Wildman–Crippen MR) is 114 cm³/mol. The quantitative estimate of drug-likeness (QED) is 0.128. The van der Waals surface area contributed by atoms with Crippen LogP contribution in [0.25, 0.3) is 0 Å². The molecule has 0 saturated carbocycles. The summed E-state index contributed by atoms with van der Waals surface area (Å²) in [4.78, 5) is 17.1. The molecule has 0 rings (SSSR count). The van der Waals surface area contributed by atoms with Crippen molar-refractivity contribution in [2.75, 3.05) is 19.8 Å². The summed E-state index contributed by atoms with van der Waals surface area (Å²) < 4.78 is 20.0. The summed E-state index contributed by atoms with van der Waals surface area (Å²) in [5.41, 5.74) is 0. The van der Waals surface area contributed by atoms with Crippen LogP contribution in [0.4, 0.5) is 0 Å². The van der Waals surface area contributed by atoms with E-state index in [9.17, 15) is 9.67 Å². The Labute approximate surface area is 172 Å². The molecule has 28 heavy (non-hydrogen) atoms. The Morgan fingerprint density at radius 2 is 1.29 bits per heavy atom. The van der Waals surface area contributed by atoms with E-state index in [0.717, 1.165) is 12.8 Å². The summed E-state index contributed by atoms with van der Waals surface area (Å²) in [6, 6.07) is 0. The number of aliphatic hydroxyl groups is 1. The van der Waals surface area contributed by atoms with Crippen LogP contribution in [0.5, 0.6) is 0 Å². The molecule has 3 N–H and O–H groups in total. The maximum absolute atomic E-state index is 10.5. The maximum atomic E-state index is 10.5. The smallest absolute Gasteiger partial charge is 0.388 e. The molecule has 0 aliphatic rings. The van der Waals surface area contributed by atoms with Crippen LogP contribution in [0.1, 0.15) is 96.8 Å². The maximum Gasteiger partial charge on any atom is 0.469 e. The fourth-order valence-corrected chi connectivity index (χ4v) is 3.27. The van der Waals surface area contributed by atoms with Crippen LogP contribution in [0.15, 0.2) is 12.2 Å². The first-order valence-corrected chi connectivity index (χ1v) is 12.6. The Morgan fingerprint density at radius 1 is 0.786 bits per heavy atom. The van der Waals surface area contributed by atoms with E-state index < -0.39 is 20.5 Å². The second kappa shape index (κ2) is 20.1. The van der Waals surface area contributed by atoms with Crippen molar-refractivity contribution in [2.24, 2.45) is 0 Å². The lowest BCUT2D eigenvalue weighted by Gasteiger charge is -2.12. The lowest BCUT2D eigenvalue weighted by Crippen LogP contribution is -2.21. The molecule has 168 valence electrons. The van der Waals surface area contributed by atoms with Gasteiger partial charge in [-0.2, -0.15) is 0 Å². The van der Waals surface area contributed by atoms with E-state index in [1.165, 1.54) is 77.0 Å². The summed E-state index contributed by atoms with van der Waals surface area (Å²) >= 11 is 0. The van der Waals surface area contributed by atoms with E-state index in [2.05, 4.69) is 23.6 Å². The van der Waals surface area contributed by atoms with Gasteiger partial charge in [-0.05, 0) is 32.1 Å². The van der Waals surface area contributed by atoms with Crippen LogP contribution in [-0.4, -0.2) is 40.8 Å². The SMILES string of the molecule is CCCCCCCCC=CCCCCCCCCOCC(O)COP(=O)(O)O. The molecule has 1 atom stereocenters. The summed E-state index contributed by atoms with van der Waals surface area (Å²) in [5.74, 6) is 0. The third-order valence-corrected chi connectivity index (χ3v) is 5.03. The zero-order valence-electron chi connectivity index (χ0n) is 17.8. The number of hydrogen-bond donors (Lipinski definition) is 3. The molecule has 0 fully saturated rings. The first-order valence-electron chi connectivity index (χ1n) is 11.1. The highest BCUT2D eigenvalue weighted by atomic mass is 31.2. The van der Waals surface area contributed by atoms with Crippen LogP contribution >= 0.6 is 7.82 Å². The molecule has 0 aromatic rings. The molecular formula is C21H43O6P. The Hall–Kier alpha value is -0.230. The minimum Gasteiger partial charge on any atom is -0.388 e. The molecule has 7 heteroatoms. The van der Waals surface area contributed by atoms with Gasteiger partial charge < -0.3 is 19.6 Å². The van der Waals surface area contributed by atoms with Crippen molar-refractivity contribution >= 4 is 7.82 Å². The molecule has 0 aromatic carbocycles. The van der Waals surface area contributed by atoms with Gasteiger partial charge in [-0.15, -0.1) is 0 Å². The number of phosphoric ester groups is 1. The standard InChI is InChI=1S/C21H43O6P/c1-2-3-4-5-6-7-8-9-10-11-12-13-14-15-16-17-18-26-19-21(22)20-27-28(23,24)25/h9-10,21-22H,2-8,11-20H2,1H3,(H2,23,24,25). The number of rotatable bonds is 21. The summed E-state index contributed by atoms with van der Waals surface area (Å²) in [6.07, 6.45) is 21.2. The van der Waals surface area contributed by atoms with Gasteiger partial charge in [-0.1, -0.05) is 76.9 Å². The van der Waals surface area contributed by atoms with Crippen molar-refractivity contribution in [1.82, 2.24) is 0 Å². The van der Waals surface area contributed by atoms with Crippen molar-refractivity contribution in [3.63, 3.8) is 0 Å². The molecular weight excluding hydrogens is 379 g/mol. The van der Waals surface area contributed by atoms with E-state index in [1.807, 2.05) is 0 Å². The van der Waals surface area contributed by atoms with Gasteiger partial charge in [0.2, 0.25) is 0 Å². The molecule has 1 unspecified atom stereocenters. The summed E-state index contributed by atoms with van der Waals surface area (Å²) in [7, 11) is -4.52. The second-order valence-electron chi connectivity index (χ2n) is 7.45. The lowest BCUT2D eigenvalue weighted by molar-refractivity contribution is 0.00476. The number of aliphatic hydroxyl groups excluding tert-OH is 1. The predicted octanol–water partition coefficient (Wildman–Crippen LogP) is 5.51. The van der Waals surface area contributed by atoms with Gasteiger partial charge in [0.05, 0.1) is 13.2 Å². The number of allylic oxidation sites excluding steroid dienone is 2. The van der Waals surface area contributed by atoms with Gasteiger partial charge in [-0.3, -0.25) is 4.52 Å². The average Bonchev–Trinajstić information content (AvgIpc) is 2.65. The molecule has 0 heterocycles. The van der Waals surface area contributed by atoms with Gasteiger partial charge in [0.25, 0.3) is 0 Å². The molecule has 0 radical (unpaired) electrons. The van der Waals surface area contributed by atoms with Gasteiger partial charge in [0, 0.05) is 6.61 Å². The van der Waals surface area contributed by atoms with Crippen LogP contribution in [0.2, 0.25) is 0 Å². The van der Waals surface area contributed by atoms with Crippen molar-refractivity contribution in [3.8, 4) is 0 Å². The van der Waals surface area contributed by atoms with E-state index in [4.69, 9.17) is 14.5 Å². The fraction of sp³-hybridized carbons (Fsp3) is 0.905. The minimum absolute atomic E-state index is 0.0328. The molecule has 0 aliphatic carbocycles. The van der Waals surface area contributed by atoms with E-state index in [-0.39, 0.29) is 6.61 Å². The highest BCUT2D eigenvalue weighted by Crippen LogP contribution is 2.35. The lowest BCUT2D eigenvalue weighted by atomic mass is 10.1. The normalized spacial score (nSPS) is 13.4. The van der Waals surface area contributed by atoms with Crippen molar-refractivity contribution in [2.45, 2.75) is 103 Å². The van der Waals surface area contributed by atoms with Gasteiger partial charge in [0.15, 0.2) is 0 Å². The van der Waals surface area contributed by atoms with Crippen molar-refractivity contribution < 1.29 is 28.7 Å². The topological polar surface area (TPSA) is 96.2 Å². The molecule has 6 nitrogen and oxygen atoms in total. The molecule has 0 aliphatic heterocycles. The molecule has 0 spiro atoms. The third-order valence-electron chi connectivity index (χ3n) is 4.55. The number of unbranched alkanes of at least 4 members (excludes halogenated alkanes) is 12. The number of phosphoric acid groups is 1. The van der Waals surface area contributed by atoms with Crippen LogP contribution in [0, 0.1) is 0 Å². The number of hydrogen-bond acceptors (Lipinski definition) is 4. The fourth-order valence-electron chi connectivity index (χ4n) is 2.90. The highest BCUT2D eigenvalue weighted by Gasteiger charge is 2.16. The number of ether oxygens (including phenoxy) is 1. The first-order chi connectivity index (χ1) is 13.5. The van der Waals surface area contributed by atoms with Crippen LogP contribution < -0.4 is 0 Å². The Bertz CT molecular complexity index is 396. The average molecular weight is 423 g/mol. The zero-order chi connectivity index (χ0) is 20.9. The molecule has 0 bridgehead atoms.